The van der Waals surface area contributed by atoms with E-state index in [9.17, 15) is 8.78 Å². The Bertz CT molecular complexity index is 348. The Balaban J connectivity index is 1.68. The SMILES string of the molecule is FC(F)(NCCCc1ccccc1)[C@@H]1CCCN1. The molecule has 0 bridgehead atoms. The van der Waals surface area contributed by atoms with Gasteiger partial charge in [0.2, 0.25) is 0 Å². The number of benzene rings is 1. The average molecular weight is 254 g/mol. The van der Waals surface area contributed by atoms with E-state index in [4.69, 9.17) is 0 Å². The maximum atomic E-state index is 13.7. The molecule has 0 amide bonds. The Labute approximate surface area is 107 Å². The van der Waals surface area contributed by atoms with Crippen molar-refractivity contribution >= 4 is 0 Å². The normalized spacial score (nSPS) is 20.2. The van der Waals surface area contributed by atoms with Crippen molar-refractivity contribution < 1.29 is 8.78 Å². The topological polar surface area (TPSA) is 24.1 Å². The van der Waals surface area contributed by atoms with E-state index in [0.717, 1.165) is 19.3 Å². The minimum atomic E-state index is -2.78. The number of aryl methyl sites for hydroxylation is 1. The van der Waals surface area contributed by atoms with Gasteiger partial charge in [0.05, 0.1) is 6.04 Å². The fourth-order valence-electron chi connectivity index (χ4n) is 2.31. The highest BCUT2D eigenvalue weighted by molar-refractivity contribution is 5.14. The number of hydrogen-bond donors (Lipinski definition) is 2. The van der Waals surface area contributed by atoms with E-state index in [0.29, 0.717) is 19.5 Å². The molecule has 0 radical (unpaired) electrons. The molecule has 1 aliphatic heterocycles. The van der Waals surface area contributed by atoms with E-state index in [1.807, 2.05) is 30.3 Å². The molecule has 1 saturated heterocycles. The molecule has 0 spiro atoms. The van der Waals surface area contributed by atoms with E-state index in [-0.39, 0.29) is 0 Å². The highest BCUT2D eigenvalue weighted by Crippen LogP contribution is 2.22. The van der Waals surface area contributed by atoms with Crippen molar-refractivity contribution in [3.63, 3.8) is 0 Å². The van der Waals surface area contributed by atoms with Crippen LogP contribution in [-0.2, 0) is 6.42 Å². The standard InChI is InChI=1S/C14H20F2N2/c15-14(16,13-9-5-10-17-13)18-11-4-8-12-6-2-1-3-7-12/h1-3,6-7,13,17-18H,4-5,8-11H2/t13-/m0/s1. The van der Waals surface area contributed by atoms with Gasteiger partial charge in [-0.15, -0.1) is 0 Å². The summed E-state index contributed by atoms with van der Waals surface area (Å²) < 4.78 is 27.4. The molecule has 0 unspecified atom stereocenters. The average Bonchev–Trinajstić information content (AvgIpc) is 2.91. The van der Waals surface area contributed by atoms with Gasteiger partial charge in [-0.2, -0.15) is 8.78 Å². The van der Waals surface area contributed by atoms with Crippen LogP contribution >= 0.6 is 0 Å². The van der Waals surface area contributed by atoms with Crippen LogP contribution in [0.5, 0.6) is 0 Å². The van der Waals surface area contributed by atoms with Gasteiger partial charge in [-0.25, -0.2) is 0 Å². The third kappa shape index (κ3) is 3.75. The Morgan fingerprint density at radius 3 is 2.72 bits per heavy atom. The molecule has 1 atom stereocenters. The van der Waals surface area contributed by atoms with Gasteiger partial charge in [-0.3, -0.25) is 5.32 Å². The number of rotatable bonds is 6. The molecule has 2 rings (SSSR count). The fourth-order valence-corrected chi connectivity index (χ4v) is 2.31. The molecule has 0 saturated carbocycles. The summed E-state index contributed by atoms with van der Waals surface area (Å²) in [4.78, 5) is 0. The molecular formula is C14H20F2N2. The first kappa shape index (κ1) is 13.4. The minimum absolute atomic E-state index is 0.347. The van der Waals surface area contributed by atoms with Gasteiger partial charge in [-0.05, 0) is 37.8 Å². The molecule has 100 valence electrons. The monoisotopic (exact) mass is 254 g/mol. The van der Waals surface area contributed by atoms with Crippen LogP contribution in [0.25, 0.3) is 0 Å². The van der Waals surface area contributed by atoms with E-state index in [1.165, 1.54) is 5.56 Å². The van der Waals surface area contributed by atoms with Gasteiger partial charge in [-0.1, -0.05) is 30.3 Å². The van der Waals surface area contributed by atoms with Crippen molar-refractivity contribution in [1.82, 2.24) is 10.6 Å². The predicted octanol–water partition coefficient (Wildman–Crippen LogP) is 2.55. The van der Waals surface area contributed by atoms with Gasteiger partial charge in [0.15, 0.2) is 0 Å². The van der Waals surface area contributed by atoms with E-state index >= 15 is 0 Å². The summed E-state index contributed by atoms with van der Waals surface area (Å²) in [5, 5.41) is 5.22. The van der Waals surface area contributed by atoms with Crippen LogP contribution in [-0.4, -0.2) is 25.2 Å². The molecule has 1 fully saturated rings. The lowest BCUT2D eigenvalue weighted by molar-refractivity contribution is -0.0637. The van der Waals surface area contributed by atoms with Crippen LogP contribution in [0.4, 0.5) is 8.78 Å². The Morgan fingerprint density at radius 2 is 2.06 bits per heavy atom. The summed E-state index contributed by atoms with van der Waals surface area (Å²) >= 11 is 0. The van der Waals surface area contributed by atoms with Crippen LogP contribution in [0.2, 0.25) is 0 Å². The van der Waals surface area contributed by atoms with Crippen molar-refractivity contribution in [3.05, 3.63) is 35.9 Å². The predicted molar refractivity (Wildman–Crippen MR) is 68.7 cm³/mol. The summed E-state index contributed by atoms with van der Waals surface area (Å²) in [7, 11) is 0. The smallest absolute Gasteiger partial charge is 0.307 e. The molecule has 1 aromatic carbocycles. The number of alkyl halides is 2. The lowest BCUT2D eigenvalue weighted by Crippen LogP contribution is -2.51. The number of halogens is 2. The van der Waals surface area contributed by atoms with Gasteiger partial charge < -0.3 is 5.32 Å². The van der Waals surface area contributed by atoms with E-state index in [1.54, 1.807) is 0 Å². The van der Waals surface area contributed by atoms with Crippen molar-refractivity contribution in [2.75, 3.05) is 13.1 Å². The van der Waals surface area contributed by atoms with Crippen molar-refractivity contribution in [2.45, 2.75) is 37.8 Å². The number of nitrogens with one attached hydrogen (secondary N) is 2. The van der Waals surface area contributed by atoms with E-state index in [2.05, 4.69) is 10.6 Å². The summed E-state index contributed by atoms with van der Waals surface area (Å²) in [6.45, 7) is 1.05. The molecule has 1 heterocycles. The lowest BCUT2D eigenvalue weighted by atomic mass is 10.1. The van der Waals surface area contributed by atoms with Crippen molar-refractivity contribution in [1.29, 1.82) is 0 Å². The molecule has 4 heteroatoms. The van der Waals surface area contributed by atoms with Crippen LogP contribution < -0.4 is 10.6 Å². The van der Waals surface area contributed by atoms with Crippen LogP contribution in [0.3, 0.4) is 0 Å². The largest absolute Gasteiger partial charge is 0.317 e. The molecule has 1 aliphatic rings. The molecule has 2 nitrogen and oxygen atoms in total. The highest BCUT2D eigenvalue weighted by Gasteiger charge is 2.40. The molecule has 2 N–H and O–H groups in total. The Morgan fingerprint density at radius 1 is 1.28 bits per heavy atom. The van der Waals surface area contributed by atoms with Crippen molar-refractivity contribution in [2.24, 2.45) is 0 Å². The van der Waals surface area contributed by atoms with Crippen LogP contribution in [0, 0.1) is 0 Å². The first-order valence-electron chi connectivity index (χ1n) is 6.58. The van der Waals surface area contributed by atoms with Crippen molar-refractivity contribution in [3.8, 4) is 0 Å². The minimum Gasteiger partial charge on any atom is -0.307 e. The summed E-state index contributed by atoms with van der Waals surface area (Å²) in [6, 6.07) is 6.47. The summed E-state index contributed by atoms with van der Waals surface area (Å²) in [5.41, 5.74) is 1.20. The second-order valence-electron chi connectivity index (χ2n) is 4.79. The first-order chi connectivity index (χ1) is 8.68. The zero-order valence-electron chi connectivity index (χ0n) is 10.5. The van der Waals surface area contributed by atoms with Crippen LogP contribution in [0.15, 0.2) is 30.3 Å². The molecule has 18 heavy (non-hydrogen) atoms. The van der Waals surface area contributed by atoms with Gasteiger partial charge in [0.25, 0.3) is 0 Å². The summed E-state index contributed by atoms with van der Waals surface area (Å²) in [5.74, 6) is 0. The molecule has 0 aromatic heterocycles. The van der Waals surface area contributed by atoms with Gasteiger partial charge >= 0.3 is 6.05 Å². The van der Waals surface area contributed by atoms with Crippen LogP contribution in [0.1, 0.15) is 24.8 Å². The Hall–Kier alpha value is -1.00. The quantitative estimate of drug-likeness (QED) is 0.602. The second kappa shape index (κ2) is 6.25. The molecular weight excluding hydrogens is 234 g/mol. The second-order valence-corrected chi connectivity index (χ2v) is 4.79. The highest BCUT2D eigenvalue weighted by atomic mass is 19.3. The molecule has 1 aromatic rings. The zero-order valence-corrected chi connectivity index (χ0v) is 10.5. The maximum Gasteiger partial charge on any atom is 0.317 e. The first-order valence-corrected chi connectivity index (χ1v) is 6.58. The van der Waals surface area contributed by atoms with Gasteiger partial charge in [0.1, 0.15) is 0 Å². The Kier molecular flexibility index (Phi) is 4.66. The molecule has 0 aliphatic carbocycles. The summed E-state index contributed by atoms with van der Waals surface area (Å²) in [6.07, 6.45) is 2.96. The lowest BCUT2D eigenvalue weighted by Gasteiger charge is -2.24. The van der Waals surface area contributed by atoms with Gasteiger partial charge in [0, 0.05) is 6.54 Å². The fraction of sp³-hybridized carbons (Fsp3) is 0.571. The number of hydrogen-bond acceptors (Lipinski definition) is 2. The third-order valence-electron chi connectivity index (χ3n) is 3.34. The zero-order chi connectivity index (χ0) is 12.8. The third-order valence-corrected chi connectivity index (χ3v) is 3.34. The maximum absolute atomic E-state index is 13.7. The van der Waals surface area contributed by atoms with E-state index < -0.39 is 12.1 Å².